The second-order valence-electron chi connectivity index (χ2n) is 8.72. The zero-order chi connectivity index (χ0) is 17.0. The first-order valence-corrected chi connectivity index (χ1v) is 9.89. The topological polar surface area (TPSA) is 23.6 Å². The smallest absolute Gasteiger partial charge is 0.226 e. The molecule has 0 aromatic rings. The van der Waals surface area contributed by atoms with Crippen molar-refractivity contribution >= 4 is 5.91 Å². The predicted molar refractivity (Wildman–Crippen MR) is 97.4 cm³/mol. The van der Waals surface area contributed by atoms with Crippen LogP contribution in [0.15, 0.2) is 0 Å². The van der Waals surface area contributed by atoms with Crippen molar-refractivity contribution in [1.82, 2.24) is 9.80 Å². The number of hydrogen-bond donors (Lipinski definition) is 0. The van der Waals surface area contributed by atoms with E-state index in [9.17, 15) is 4.79 Å². The lowest BCUT2D eigenvalue weighted by Crippen LogP contribution is -2.49. The van der Waals surface area contributed by atoms with E-state index < -0.39 is 0 Å². The molecule has 1 amide bonds. The van der Waals surface area contributed by atoms with Crippen molar-refractivity contribution in [3.05, 3.63) is 0 Å². The van der Waals surface area contributed by atoms with E-state index in [1.807, 2.05) is 4.90 Å². The van der Waals surface area contributed by atoms with Gasteiger partial charge in [0.1, 0.15) is 0 Å². The van der Waals surface area contributed by atoms with E-state index >= 15 is 0 Å². The summed E-state index contributed by atoms with van der Waals surface area (Å²) >= 11 is 0. The van der Waals surface area contributed by atoms with Crippen molar-refractivity contribution in [3.8, 4) is 0 Å². The van der Waals surface area contributed by atoms with Crippen molar-refractivity contribution in [3.63, 3.8) is 0 Å². The third kappa shape index (κ3) is 4.71. The average molecular weight is 323 g/mol. The molecular formula is C20H38N2O. The van der Waals surface area contributed by atoms with Gasteiger partial charge in [0.2, 0.25) is 5.91 Å². The first-order valence-electron chi connectivity index (χ1n) is 9.89. The molecular weight excluding hydrogens is 284 g/mol. The highest BCUT2D eigenvalue weighted by Crippen LogP contribution is 2.39. The average Bonchev–Trinajstić information content (AvgIpc) is 2.55. The summed E-state index contributed by atoms with van der Waals surface area (Å²) in [6.07, 6.45) is 7.65. The van der Waals surface area contributed by atoms with Crippen LogP contribution in [0.5, 0.6) is 0 Å². The number of likely N-dealkylation sites (tertiary alicyclic amines) is 1. The second kappa shape index (κ2) is 8.00. The fourth-order valence-electron chi connectivity index (χ4n) is 4.64. The van der Waals surface area contributed by atoms with Gasteiger partial charge in [-0.3, -0.25) is 9.69 Å². The standard InChI is InChI=1S/C20H38N2O/c1-6-21(7-2)19(23)16-9-8-14-22(15-16)18-12-10-17(11-13-18)20(3,4)5/h16-18H,6-15H2,1-5H3/t16-,17?,18?/m1/s1. The minimum Gasteiger partial charge on any atom is -0.343 e. The minimum absolute atomic E-state index is 0.240. The summed E-state index contributed by atoms with van der Waals surface area (Å²) < 4.78 is 0. The van der Waals surface area contributed by atoms with Gasteiger partial charge in [-0.1, -0.05) is 20.8 Å². The molecule has 1 aliphatic heterocycles. The van der Waals surface area contributed by atoms with Crippen molar-refractivity contribution in [2.45, 2.75) is 79.2 Å². The Morgan fingerprint density at radius 3 is 2.17 bits per heavy atom. The molecule has 1 saturated carbocycles. The van der Waals surface area contributed by atoms with Gasteiger partial charge in [-0.05, 0) is 70.3 Å². The molecule has 3 nitrogen and oxygen atoms in total. The fourth-order valence-corrected chi connectivity index (χ4v) is 4.64. The molecule has 0 bridgehead atoms. The van der Waals surface area contributed by atoms with Crippen LogP contribution in [0.25, 0.3) is 0 Å². The Morgan fingerprint density at radius 1 is 1.04 bits per heavy atom. The van der Waals surface area contributed by atoms with Crippen molar-refractivity contribution in [1.29, 1.82) is 0 Å². The zero-order valence-electron chi connectivity index (χ0n) is 16.1. The summed E-state index contributed by atoms with van der Waals surface area (Å²) in [4.78, 5) is 17.3. The van der Waals surface area contributed by atoms with Crippen LogP contribution >= 0.6 is 0 Å². The first kappa shape index (κ1) is 18.8. The molecule has 0 radical (unpaired) electrons. The Kier molecular flexibility index (Phi) is 6.53. The van der Waals surface area contributed by atoms with Crippen LogP contribution in [0.4, 0.5) is 0 Å². The largest absolute Gasteiger partial charge is 0.343 e. The van der Waals surface area contributed by atoms with Gasteiger partial charge in [0.15, 0.2) is 0 Å². The number of hydrogen-bond acceptors (Lipinski definition) is 2. The number of carbonyl (C=O) groups is 1. The lowest BCUT2D eigenvalue weighted by molar-refractivity contribution is -0.137. The number of carbonyl (C=O) groups excluding carboxylic acids is 1. The van der Waals surface area contributed by atoms with E-state index in [0.29, 0.717) is 11.3 Å². The number of nitrogens with zero attached hydrogens (tertiary/aromatic N) is 2. The van der Waals surface area contributed by atoms with Crippen LogP contribution in [0.3, 0.4) is 0 Å². The SMILES string of the molecule is CCN(CC)C(=O)[C@@H]1CCCN(C2CCC(C(C)(C)C)CC2)C1. The van der Waals surface area contributed by atoms with E-state index in [-0.39, 0.29) is 5.92 Å². The molecule has 3 heteroatoms. The van der Waals surface area contributed by atoms with E-state index in [1.165, 1.54) is 38.6 Å². The van der Waals surface area contributed by atoms with E-state index in [0.717, 1.165) is 38.0 Å². The number of rotatable bonds is 4. The predicted octanol–water partition coefficient (Wildman–Crippen LogP) is 4.17. The van der Waals surface area contributed by atoms with Gasteiger partial charge >= 0.3 is 0 Å². The molecule has 2 aliphatic rings. The van der Waals surface area contributed by atoms with Gasteiger partial charge in [0.25, 0.3) is 0 Å². The maximum absolute atomic E-state index is 12.7. The van der Waals surface area contributed by atoms with Gasteiger partial charge < -0.3 is 4.90 Å². The molecule has 0 aromatic heterocycles. The van der Waals surface area contributed by atoms with E-state index in [4.69, 9.17) is 0 Å². The van der Waals surface area contributed by atoms with Crippen molar-refractivity contribution in [2.75, 3.05) is 26.2 Å². The maximum atomic E-state index is 12.7. The highest BCUT2D eigenvalue weighted by Gasteiger charge is 2.35. The maximum Gasteiger partial charge on any atom is 0.226 e. The molecule has 2 rings (SSSR count). The van der Waals surface area contributed by atoms with Gasteiger partial charge in [-0.2, -0.15) is 0 Å². The van der Waals surface area contributed by atoms with E-state index in [2.05, 4.69) is 39.5 Å². The molecule has 1 atom stereocenters. The van der Waals surface area contributed by atoms with Gasteiger partial charge in [0, 0.05) is 25.7 Å². The van der Waals surface area contributed by atoms with Gasteiger partial charge in [-0.25, -0.2) is 0 Å². The van der Waals surface area contributed by atoms with Crippen molar-refractivity contribution in [2.24, 2.45) is 17.3 Å². The molecule has 2 fully saturated rings. The third-order valence-electron chi connectivity index (χ3n) is 6.32. The molecule has 0 aromatic carbocycles. The molecule has 0 unspecified atom stereocenters. The third-order valence-corrected chi connectivity index (χ3v) is 6.32. The molecule has 1 saturated heterocycles. The molecule has 0 spiro atoms. The number of piperidine rings is 1. The molecule has 0 N–H and O–H groups in total. The molecule has 134 valence electrons. The normalized spacial score (nSPS) is 30.2. The van der Waals surface area contributed by atoms with Crippen molar-refractivity contribution < 1.29 is 4.79 Å². The Labute approximate surface area is 143 Å². The van der Waals surface area contributed by atoms with Gasteiger partial charge in [-0.15, -0.1) is 0 Å². The first-order chi connectivity index (χ1) is 10.9. The monoisotopic (exact) mass is 322 g/mol. The molecule has 1 aliphatic carbocycles. The Morgan fingerprint density at radius 2 is 1.65 bits per heavy atom. The minimum atomic E-state index is 0.240. The quantitative estimate of drug-likeness (QED) is 0.775. The molecule has 1 heterocycles. The summed E-state index contributed by atoms with van der Waals surface area (Å²) in [5.74, 6) is 1.50. The summed E-state index contributed by atoms with van der Waals surface area (Å²) in [7, 11) is 0. The highest BCUT2D eigenvalue weighted by molar-refractivity contribution is 5.79. The van der Waals surface area contributed by atoms with Crippen LogP contribution < -0.4 is 0 Å². The van der Waals surface area contributed by atoms with E-state index in [1.54, 1.807) is 0 Å². The Bertz CT molecular complexity index is 376. The number of amides is 1. The van der Waals surface area contributed by atoms with Crippen LogP contribution in [-0.2, 0) is 4.79 Å². The van der Waals surface area contributed by atoms with Crippen LogP contribution in [0.1, 0.15) is 73.1 Å². The van der Waals surface area contributed by atoms with Gasteiger partial charge in [0.05, 0.1) is 5.92 Å². The summed E-state index contributed by atoms with van der Waals surface area (Å²) in [5, 5.41) is 0. The summed E-state index contributed by atoms with van der Waals surface area (Å²) in [6.45, 7) is 15.2. The van der Waals surface area contributed by atoms with Crippen LogP contribution in [0.2, 0.25) is 0 Å². The zero-order valence-corrected chi connectivity index (χ0v) is 16.1. The Hall–Kier alpha value is -0.570. The lowest BCUT2D eigenvalue weighted by atomic mass is 9.71. The van der Waals surface area contributed by atoms with Crippen LogP contribution in [-0.4, -0.2) is 47.9 Å². The second-order valence-corrected chi connectivity index (χ2v) is 8.72. The fraction of sp³-hybridized carbons (Fsp3) is 0.950. The Balaban J connectivity index is 1.88. The highest BCUT2D eigenvalue weighted by atomic mass is 16.2. The van der Waals surface area contributed by atoms with Crippen LogP contribution in [0, 0.1) is 17.3 Å². The lowest BCUT2D eigenvalue weighted by Gasteiger charge is -2.44. The summed E-state index contributed by atoms with van der Waals surface area (Å²) in [6, 6.07) is 0.723. The molecule has 23 heavy (non-hydrogen) atoms. The summed E-state index contributed by atoms with van der Waals surface area (Å²) in [5.41, 5.74) is 0.453.